The van der Waals surface area contributed by atoms with Crippen LogP contribution in [0.2, 0.25) is 5.02 Å². The number of aromatic nitrogens is 2. The van der Waals surface area contributed by atoms with Gasteiger partial charge in [0.2, 0.25) is 0 Å². The molecule has 116 valence electrons. The predicted octanol–water partition coefficient (Wildman–Crippen LogP) is 5.02. The lowest BCUT2D eigenvalue weighted by molar-refractivity contribution is 0.305. The van der Waals surface area contributed by atoms with E-state index in [2.05, 4.69) is 4.98 Å². The summed E-state index contributed by atoms with van der Waals surface area (Å²) in [6.45, 7) is 2.49. The van der Waals surface area contributed by atoms with Crippen LogP contribution in [0.25, 0.3) is 5.70 Å². The molecule has 3 nitrogen and oxygen atoms in total. The normalized spacial score (nSPS) is 11.5. The third-order valence-corrected chi connectivity index (χ3v) is 3.75. The summed E-state index contributed by atoms with van der Waals surface area (Å²) in [4.78, 5) is 4.11. The topological polar surface area (TPSA) is 27.1 Å². The van der Waals surface area contributed by atoms with E-state index < -0.39 is 0 Å². The minimum absolute atomic E-state index is 0.510. The second kappa shape index (κ2) is 7.16. The standard InChI is InChI=1S/C19H17ClN2O/c1-2-18(22-11-10-21-14-22)17-12-16(20)8-9-19(17)23-13-15-6-4-3-5-7-15/h2-12,14H,13H2,1H3/b18-2-. The Labute approximate surface area is 140 Å². The van der Waals surface area contributed by atoms with Crippen LogP contribution in [0.15, 0.2) is 73.3 Å². The molecule has 0 N–H and O–H groups in total. The molecule has 0 saturated heterocycles. The van der Waals surface area contributed by atoms with E-state index in [4.69, 9.17) is 16.3 Å². The van der Waals surface area contributed by atoms with Crippen molar-refractivity contribution in [1.82, 2.24) is 9.55 Å². The fourth-order valence-electron chi connectivity index (χ4n) is 2.41. The summed E-state index contributed by atoms with van der Waals surface area (Å²) in [6.07, 6.45) is 7.43. The van der Waals surface area contributed by atoms with Gasteiger partial charge in [-0.2, -0.15) is 0 Å². The van der Waals surface area contributed by atoms with Crippen molar-refractivity contribution in [1.29, 1.82) is 0 Å². The Kier molecular flexibility index (Phi) is 4.79. The van der Waals surface area contributed by atoms with Crippen molar-refractivity contribution in [2.75, 3.05) is 0 Å². The number of halogens is 1. The van der Waals surface area contributed by atoms with E-state index in [1.807, 2.05) is 72.3 Å². The first-order valence-electron chi connectivity index (χ1n) is 7.39. The van der Waals surface area contributed by atoms with Crippen molar-refractivity contribution in [3.8, 4) is 5.75 Å². The highest BCUT2D eigenvalue weighted by Crippen LogP contribution is 2.30. The van der Waals surface area contributed by atoms with Crippen LogP contribution in [-0.4, -0.2) is 9.55 Å². The Bertz CT molecular complexity index is 796. The van der Waals surface area contributed by atoms with E-state index in [9.17, 15) is 0 Å². The molecule has 0 aliphatic rings. The molecule has 0 spiro atoms. The van der Waals surface area contributed by atoms with Gasteiger partial charge < -0.3 is 9.30 Å². The SMILES string of the molecule is C/C=C(/c1cc(Cl)ccc1OCc1ccccc1)n1ccnc1. The molecule has 0 saturated carbocycles. The molecule has 23 heavy (non-hydrogen) atoms. The lowest BCUT2D eigenvalue weighted by Gasteiger charge is -2.15. The highest BCUT2D eigenvalue weighted by Gasteiger charge is 2.11. The summed E-state index contributed by atoms with van der Waals surface area (Å²) in [5.74, 6) is 0.792. The predicted molar refractivity (Wildman–Crippen MR) is 93.5 cm³/mol. The third-order valence-electron chi connectivity index (χ3n) is 3.51. The van der Waals surface area contributed by atoms with Crippen molar-refractivity contribution in [3.05, 3.63) is 89.5 Å². The highest BCUT2D eigenvalue weighted by atomic mass is 35.5. The Morgan fingerprint density at radius 2 is 2.04 bits per heavy atom. The van der Waals surface area contributed by atoms with Crippen LogP contribution < -0.4 is 4.74 Å². The molecule has 4 heteroatoms. The molecular formula is C19H17ClN2O. The lowest BCUT2D eigenvalue weighted by atomic mass is 10.1. The number of benzene rings is 2. The molecule has 3 aromatic rings. The molecule has 1 aromatic heterocycles. The summed E-state index contributed by atoms with van der Waals surface area (Å²) in [6, 6.07) is 15.7. The minimum Gasteiger partial charge on any atom is -0.488 e. The zero-order valence-electron chi connectivity index (χ0n) is 12.8. The Morgan fingerprint density at radius 1 is 1.22 bits per heavy atom. The first-order chi connectivity index (χ1) is 11.3. The number of ether oxygens (including phenoxy) is 1. The molecule has 0 unspecified atom stereocenters. The van der Waals surface area contributed by atoms with Gasteiger partial charge in [-0.15, -0.1) is 0 Å². The maximum atomic E-state index is 6.19. The fraction of sp³-hybridized carbons (Fsp3) is 0.105. The van der Waals surface area contributed by atoms with Crippen molar-refractivity contribution in [2.24, 2.45) is 0 Å². The van der Waals surface area contributed by atoms with Crippen molar-refractivity contribution < 1.29 is 4.74 Å². The first kappa shape index (κ1) is 15.4. The van der Waals surface area contributed by atoms with Gasteiger partial charge in [-0.25, -0.2) is 4.98 Å². The average Bonchev–Trinajstić information content (AvgIpc) is 3.10. The van der Waals surface area contributed by atoms with Crippen LogP contribution in [-0.2, 0) is 6.61 Å². The number of hydrogen-bond acceptors (Lipinski definition) is 2. The molecule has 0 fully saturated rings. The van der Waals surface area contributed by atoms with Gasteiger partial charge in [-0.1, -0.05) is 48.0 Å². The summed E-state index contributed by atoms with van der Waals surface area (Å²) >= 11 is 6.19. The van der Waals surface area contributed by atoms with Crippen LogP contribution >= 0.6 is 11.6 Å². The van der Waals surface area contributed by atoms with Gasteiger partial charge in [-0.05, 0) is 30.7 Å². The molecule has 0 amide bonds. The lowest BCUT2D eigenvalue weighted by Crippen LogP contribution is -2.02. The first-order valence-corrected chi connectivity index (χ1v) is 7.77. The second-order valence-electron chi connectivity index (χ2n) is 5.06. The summed E-state index contributed by atoms with van der Waals surface area (Å²) in [5, 5.41) is 0.673. The average molecular weight is 325 g/mol. The number of imidazole rings is 1. The fourth-order valence-corrected chi connectivity index (χ4v) is 2.58. The highest BCUT2D eigenvalue weighted by molar-refractivity contribution is 6.30. The smallest absolute Gasteiger partial charge is 0.129 e. The monoisotopic (exact) mass is 324 g/mol. The summed E-state index contributed by atoms with van der Waals surface area (Å²) < 4.78 is 7.97. The number of rotatable bonds is 5. The van der Waals surface area contributed by atoms with Crippen LogP contribution in [0.5, 0.6) is 5.75 Å². The molecule has 0 aliphatic carbocycles. The molecule has 0 bridgehead atoms. The molecule has 3 rings (SSSR count). The molecule has 0 atom stereocenters. The molecular weight excluding hydrogens is 308 g/mol. The molecule has 0 aliphatic heterocycles. The number of hydrogen-bond donors (Lipinski definition) is 0. The van der Waals surface area contributed by atoms with Crippen molar-refractivity contribution >= 4 is 17.3 Å². The maximum absolute atomic E-state index is 6.19. The summed E-state index contributed by atoms with van der Waals surface area (Å²) in [5.41, 5.74) is 3.04. The Morgan fingerprint density at radius 3 is 2.74 bits per heavy atom. The van der Waals surface area contributed by atoms with E-state index in [0.717, 1.165) is 22.6 Å². The zero-order valence-corrected chi connectivity index (χ0v) is 13.6. The van der Waals surface area contributed by atoms with Gasteiger partial charge in [0.1, 0.15) is 12.4 Å². The minimum atomic E-state index is 0.510. The Balaban J connectivity index is 1.92. The van der Waals surface area contributed by atoms with E-state index >= 15 is 0 Å². The van der Waals surface area contributed by atoms with Gasteiger partial charge in [0, 0.05) is 23.0 Å². The third kappa shape index (κ3) is 3.63. The molecule has 0 radical (unpaired) electrons. The van der Waals surface area contributed by atoms with Crippen LogP contribution in [0.1, 0.15) is 18.1 Å². The van der Waals surface area contributed by atoms with E-state index in [0.29, 0.717) is 11.6 Å². The largest absolute Gasteiger partial charge is 0.488 e. The summed E-state index contributed by atoms with van der Waals surface area (Å²) in [7, 11) is 0. The zero-order chi connectivity index (χ0) is 16.1. The quantitative estimate of drug-likeness (QED) is 0.658. The van der Waals surface area contributed by atoms with E-state index in [1.165, 1.54) is 0 Å². The van der Waals surface area contributed by atoms with E-state index in [1.54, 1.807) is 12.5 Å². The number of allylic oxidation sites excluding steroid dienone is 1. The molecule has 1 heterocycles. The van der Waals surface area contributed by atoms with Gasteiger partial charge in [0.05, 0.1) is 12.0 Å². The van der Waals surface area contributed by atoms with Crippen molar-refractivity contribution in [3.63, 3.8) is 0 Å². The maximum Gasteiger partial charge on any atom is 0.129 e. The van der Waals surface area contributed by atoms with Gasteiger partial charge in [0.15, 0.2) is 0 Å². The van der Waals surface area contributed by atoms with Gasteiger partial charge in [0.25, 0.3) is 0 Å². The van der Waals surface area contributed by atoms with Crippen LogP contribution in [0.4, 0.5) is 0 Å². The van der Waals surface area contributed by atoms with Crippen LogP contribution in [0.3, 0.4) is 0 Å². The van der Waals surface area contributed by atoms with Crippen molar-refractivity contribution in [2.45, 2.75) is 13.5 Å². The number of nitrogens with zero attached hydrogens (tertiary/aromatic N) is 2. The second-order valence-corrected chi connectivity index (χ2v) is 5.50. The molecule has 2 aromatic carbocycles. The van der Waals surface area contributed by atoms with Gasteiger partial charge in [-0.3, -0.25) is 0 Å². The van der Waals surface area contributed by atoms with E-state index in [-0.39, 0.29) is 0 Å². The van der Waals surface area contributed by atoms with Gasteiger partial charge >= 0.3 is 0 Å². The Hall–Kier alpha value is -2.52. The van der Waals surface area contributed by atoms with Crippen LogP contribution in [0, 0.1) is 0 Å².